The molecule has 0 amide bonds. The molecule has 0 spiro atoms. The van der Waals surface area contributed by atoms with Crippen molar-refractivity contribution in [2.24, 2.45) is 0 Å². The highest BCUT2D eigenvalue weighted by Gasteiger charge is 2.31. The van der Waals surface area contributed by atoms with Crippen molar-refractivity contribution in [3.63, 3.8) is 0 Å². The largest absolute Gasteiger partial charge is 0.573 e. The second-order valence-corrected chi connectivity index (χ2v) is 7.76. The summed E-state index contributed by atoms with van der Waals surface area (Å²) in [4.78, 5) is 11.3. The van der Waals surface area contributed by atoms with Crippen molar-refractivity contribution in [1.29, 1.82) is 0 Å². The number of rotatable bonds is 7. The van der Waals surface area contributed by atoms with E-state index in [4.69, 9.17) is 14.0 Å². The van der Waals surface area contributed by atoms with Crippen LogP contribution >= 0.6 is 0 Å². The van der Waals surface area contributed by atoms with E-state index in [1.165, 1.54) is 38.1 Å². The molecule has 34 heavy (non-hydrogen) atoms. The second kappa shape index (κ2) is 8.62. The van der Waals surface area contributed by atoms with Crippen LogP contribution in [-0.4, -0.2) is 28.2 Å². The summed E-state index contributed by atoms with van der Waals surface area (Å²) in [6.07, 6.45) is -4.77. The van der Waals surface area contributed by atoms with Gasteiger partial charge < -0.3 is 23.8 Å². The van der Waals surface area contributed by atoms with E-state index in [1.807, 2.05) is 0 Å². The second-order valence-electron chi connectivity index (χ2n) is 7.76. The van der Waals surface area contributed by atoms with Gasteiger partial charge in [0.05, 0.1) is 0 Å². The van der Waals surface area contributed by atoms with E-state index < -0.39 is 17.9 Å². The Kier molecular flexibility index (Phi) is 5.82. The molecule has 0 fully saturated rings. The molecule has 0 aliphatic carbocycles. The minimum atomic E-state index is -4.77. The van der Waals surface area contributed by atoms with Crippen LogP contribution in [0.2, 0.25) is 0 Å². The summed E-state index contributed by atoms with van der Waals surface area (Å²) in [5, 5.41) is 13.9. The Hall–Kier alpha value is -4.21. The molecule has 4 rings (SSSR count). The Morgan fingerprint density at radius 3 is 2.21 bits per heavy atom. The first kappa shape index (κ1) is 23.0. The number of ether oxygens (including phenoxy) is 3. The number of fused-ring (bicyclic) bond motifs is 1. The maximum absolute atomic E-state index is 12.4. The lowest BCUT2D eigenvalue weighted by molar-refractivity contribution is -0.274. The fourth-order valence-electron chi connectivity index (χ4n) is 3.08. The fraction of sp³-hybridized carbons (Fsp3) is 0.167. The van der Waals surface area contributed by atoms with Gasteiger partial charge in [0.2, 0.25) is 0 Å². The number of carboxylic acid groups (broad SMARTS) is 1. The smallest absolute Gasteiger partial charge is 0.478 e. The Morgan fingerprint density at radius 1 is 0.882 bits per heavy atom. The normalized spacial score (nSPS) is 11.9. The molecule has 4 aromatic rings. The Balaban J connectivity index is 1.53. The van der Waals surface area contributed by atoms with Gasteiger partial charge in [-0.2, -0.15) is 0 Å². The highest BCUT2D eigenvalue weighted by Crippen LogP contribution is 2.34. The van der Waals surface area contributed by atoms with Crippen LogP contribution in [0.4, 0.5) is 13.2 Å². The number of alkyl halides is 3. The van der Waals surface area contributed by atoms with Gasteiger partial charge in [0.1, 0.15) is 28.7 Å². The molecule has 0 atom stereocenters. The third-order valence-electron chi connectivity index (χ3n) is 4.73. The van der Waals surface area contributed by atoms with Crippen LogP contribution in [0.3, 0.4) is 0 Å². The van der Waals surface area contributed by atoms with Gasteiger partial charge in [-0.3, -0.25) is 0 Å². The molecule has 0 aliphatic heterocycles. The molecule has 1 heterocycles. The first-order chi connectivity index (χ1) is 16.0. The Labute approximate surface area is 191 Å². The van der Waals surface area contributed by atoms with E-state index >= 15 is 0 Å². The van der Waals surface area contributed by atoms with E-state index in [0.29, 0.717) is 39.5 Å². The number of carboxylic acids is 1. The number of hydrogen-bond acceptors (Lipinski definition) is 6. The zero-order valence-corrected chi connectivity index (χ0v) is 17.9. The molecular formula is C24H18F3NO6. The topological polar surface area (TPSA) is 91.0 Å². The lowest BCUT2D eigenvalue weighted by Crippen LogP contribution is -2.37. The summed E-state index contributed by atoms with van der Waals surface area (Å²) < 4.78 is 57.7. The van der Waals surface area contributed by atoms with E-state index in [1.54, 1.807) is 42.5 Å². The van der Waals surface area contributed by atoms with Crippen molar-refractivity contribution >= 4 is 16.9 Å². The van der Waals surface area contributed by atoms with Crippen LogP contribution in [0, 0.1) is 0 Å². The molecule has 176 valence electrons. The van der Waals surface area contributed by atoms with Gasteiger partial charge >= 0.3 is 12.3 Å². The average Bonchev–Trinajstić information content (AvgIpc) is 3.16. The van der Waals surface area contributed by atoms with Gasteiger partial charge in [0, 0.05) is 23.1 Å². The van der Waals surface area contributed by atoms with Gasteiger partial charge in [-0.1, -0.05) is 11.2 Å². The fourth-order valence-corrected chi connectivity index (χ4v) is 3.08. The molecule has 10 heteroatoms. The summed E-state index contributed by atoms with van der Waals surface area (Å²) >= 11 is 0. The van der Waals surface area contributed by atoms with E-state index in [0.717, 1.165) is 0 Å². The minimum Gasteiger partial charge on any atom is -0.478 e. The van der Waals surface area contributed by atoms with Gasteiger partial charge in [0.25, 0.3) is 0 Å². The van der Waals surface area contributed by atoms with Crippen molar-refractivity contribution in [3.8, 4) is 34.3 Å². The number of aromatic nitrogens is 1. The van der Waals surface area contributed by atoms with Crippen molar-refractivity contribution in [3.05, 3.63) is 66.7 Å². The molecule has 1 N–H and O–H groups in total. The van der Waals surface area contributed by atoms with Crippen LogP contribution in [0.15, 0.2) is 71.3 Å². The Bertz CT molecular complexity index is 1330. The summed E-state index contributed by atoms with van der Waals surface area (Å²) in [6, 6.07) is 16.8. The highest BCUT2D eigenvalue weighted by atomic mass is 19.4. The Morgan fingerprint density at radius 2 is 1.53 bits per heavy atom. The predicted octanol–water partition coefficient (Wildman–Crippen LogP) is 6.43. The molecule has 0 aliphatic rings. The summed E-state index contributed by atoms with van der Waals surface area (Å²) in [5.41, 5.74) is -0.00743. The number of benzene rings is 3. The molecule has 0 radical (unpaired) electrons. The average molecular weight is 473 g/mol. The van der Waals surface area contributed by atoms with Crippen LogP contribution in [0.1, 0.15) is 13.8 Å². The van der Waals surface area contributed by atoms with Crippen molar-refractivity contribution in [2.45, 2.75) is 25.8 Å². The zero-order chi connectivity index (χ0) is 24.5. The van der Waals surface area contributed by atoms with E-state index in [9.17, 15) is 23.1 Å². The van der Waals surface area contributed by atoms with Gasteiger partial charge in [0.15, 0.2) is 11.2 Å². The minimum absolute atomic E-state index is 0.325. The van der Waals surface area contributed by atoms with Gasteiger partial charge in [-0.05, 0) is 62.4 Å². The molecule has 0 saturated carbocycles. The molecule has 0 unspecified atom stereocenters. The first-order valence-electron chi connectivity index (χ1n) is 9.96. The van der Waals surface area contributed by atoms with Crippen LogP contribution in [-0.2, 0) is 4.79 Å². The van der Waals surface area contributed by atoms with E-state index in [2.05, 4.69) is 9.89 Å². The monoisotopic (exact) mass is 473 g/mol. The highest BCUT2D eigenvalue weighted by molar-refractivity contribution is 5.92. The van der Waals surface area contributed by atoms with Crippen LogP contribution in [0.5, 0.6) is 23.0 Å². The summed E-state index contributed by atoms with van der Waals surface area (Å²) in [5.74, 6) is -0.270. The van der Waals surface area contributed by atoms with Crippen molar-refractivity contribution < 1.29 is 41.8 Å². The summed E-state index contributed by atoms with van der Waals surface area (Å²) in [6.45, 7) is 2.88. The van der Waals surface area contributed by atoms with Crippen LogP contribution in [0.25, 0.3) is 22.2 Å². The number of halogens is 3. The summed E-state index contributed by atoms with van der Waals surface area (Å²) in [7, 11) is 0. The first-order valence-corrected chi connectivity index (χ1v) is 9.96. The van der Waals surface area contributed by atoms with Crippen molar-refractivity contribution in [2.75, 3.05) is 0 Å². The molecule has 3 aromatic carbocycles. The third-order valence-corrected chi connectivity index (χ3v) is 4.73. The van der Waals surface area contributed by atoms with E-state index in [-0.39, 0.29) is 5.75 Å². The standard InChI is InChI=1S/C24H18F3NO6/c1-23(2,22(29)30)32-18-5-3-4-16(12-18)31-17-10-11-19-20(13-17)34-28-21(19)14-6-8-15(9-7-14)33-24(25,26)27/h3-13H,1-2H3,(H,29,30). The zero-order valence-electron chi connectivity index (χ0n) is 17.9. The lowest BCUT2D eigenvalue weighted by atomic mass is 10.1. The predicted molar refractivity (Wildman–Crippen MR) is 115 cm³/mol. The number of nitrogens with zero attached hydrogens (tertiary/aromatic N) is 1. The number of hydrogen-bond donors (Lipinski definition) is 1. The number of aliphatic carboxylic acids is 1. The van der Waals surface area contributed by atoms with Crippen LogP contribution < -0.4 is 14.2 Å². The maximum Gasteiger partial charge on any atom is 0.573 e. The van der Waals surface area contributed by atoms with Gasteiger partial charge in [-0.15, -0.1) is 13.2 Å². The maximum atomic E-state index is 12.4. The molecule has 0 saturated heterocycles. The third kappa shape index (κ3) is 5.22. The quantitative estimate of drug-likeness (QED) is 0.331. The van der Waals surface area contributed by atoms with Gasteiger partial charge in [-0.25, -0.2) is 4.79 Å². The molecule has 1 aromatic heterocycles. The number of carbonyl (C=O) groups is 1. The molecule has 7 nitrogen and oxygen atoms in total. The SMILES string of the molecule is CC(C)(Oc1cccc(Oc2ccc3c(-c4ccc(OC(F)(F)F)cc4)noc3c2)c1)C(=O)O. The lowest BCUT2D eigenvalue weighted by Gasteiger charge is -2.21. The molecule has 0 bridgehead atoms. The molecular weight excluding hydrogens is 455 g/mol. The van der Waals surface area contributed by atoms with Crippen molar-refractivity contribution in [1.82, 2.24) is 5.16 Å².